The summed E-state index contributed by atoms with van der Waals surface area (Å²) in [6.45, 7) is 10.3. The fourth-order valence-corrected chi connectivity index (χ4v) is 4.22. The van der Waals surface area contributed by atoms with Crippen LogP contribution in [0.3, 0.4) is 0 Å². The number of hydrogen-bond donors (Lipinski definition) is 2. The maximum Gasteiger partial charge on any atom is 0.277 e. The van der Waals surface area contributed by atoms with E-state index in [1.54, 1.807) is 12.1 Å². The minimum absolute atomic E-state index is 0.216. The van der Waals surface area contributed by atoms with Crippen LogP contribution in [0.4, 0.5) is 5.69 Å². The summed E-state index contributed by atoms with van der Waals surface area (Å²) in [5.41, 5.74) is 3.78. The number of nitrogens with zero attached hydrogens (tertiary/aromatic N) is 2. The first-order valence-corrected chi connectivity index (χ1v) is 11.2. The highest BCUT2D eigenvalue weighted by atomic mass is 16.3. The summed E-state index contributed by atoms with van der Waals surface area (Å²) in [4.78, 5) is 17.1. The van der Waals surface area contributed by atoms with Gasteiger partial charge in [0.1, 0.15) is 11.8 Å². The van der Waals surface area contributed by atoms with Crippen molar-refractivity contribution in [1.29, 1.82) is 0 Å². The molecule has 30 heavy (non-hydrogen) atoms. The molecule has 1 fully saturated rings. The van der Waals surface area contributed by atoms with E-state index in [1.165, 1.54) is 11.1 Å². The Hall–Kier alpha value is -2.53. The van der Waals surface area contributed by atoms with E-state index in [-0.39, 0.29) is 11.7 Å². The topological polar surface area (TPSA) is 60.4 Å². The number of rotatable bonds is 8. The van der Waals surface area contributed by atoms with E-state index >= 15 is 0 Å². The van der Waals surface area contributed by atoms with E-state index in [0.717, 1.165) is 44.7 Å². The van der Waals surface area contributed by atoms with Crippen LogP contribution in [0, 0.1) is 5.92 Å². The second-order valence-corrected chi connectivity index (χ2v) is 8.59. The van der Waals surface area contributed by atoms with Crippen molar-refractivity contribution in [3.63, 3.8) is 0 Å². The number of nitrogens with two attached hydrogens (primary N) is 1. The number of aromatic hydroxyl groups is 1. The zero-order chi connectivity index (χ0) is 21.5. The quantitative estimate of drug-likeness (QED) is 0.703. The lowest BCUT2D eigenvalue weighted by Crippen LogP contribution is -2.88. The lowest BCUT2D eigenvalue weighted by Gasteiger charge is -2.36. The Balaban J connectivity index is 1.51. The molecule has 0 unspecified atom stereocenters. The van der Waals surface area contributed by atoms with Gasteiger partial charge in [-0.05, 0) is 36.2 Å². The number of carbonyl (C=O) groups excluding carboxylic acids is 1. The molecule has 5 heteroatoms. The molecule has 0 aromatic heterocycles. The fraction of sp³-hybridized carbons (Fsp3) is 0.480. The number of phenols is 1. The van der Waals surface area contributed by atoms with Crippen molar-refractivity contribution in [3.8, 4) is 5.75 Å². The molecule has 162 valence electrons. The van der Waals surface area contributed by atoms with Gasteiger partial charge in [-0.2, -0.15) is 0 Å². The molecule has 2 aromatic rings. The van der Waals surface area contributed by atoms with Crippen LogP contribution in [-0.2, 0) is 11.2 Å². The van der Waals surface area contributed by atoms with Gasteiger partial charge in [-0.3, -0.25) is 4.79 Å². The molecule has 0 radical (unpaired) electrons. The molecule has 0 spiro atoms. The Morgan fingerprint density at radius 3 is 2.20 bits per heavy atom. The SMILES string of the molecule is CCCc1ccc([C@@H]([NH2+]CC(=O)N2CCN(c3ccc(O)cc3)CC2)C(C)C)cc1. The highest BCUT2D eigenvalue weighted by molar-refractivity contribution is 5.77. The Labute approximate surface area is 180 Å². The standard InChI is InChI=1S/C25H35N3O2/c1-4-5-20-6-8-21(9-7-20)25(19(2)3)26-18-24(30)28-16-14-27(15-17-28)22-10-12-23(29)13-11-22/h6-13,19,25-26,29H,4-5,14-18H2,1-3H3/p+1/t25-/m0/s1. The minimum atomic E-state index is 0.216. The monoisotopic (exact) mass is 410 g/mol. The van der Waals surface area contributed by atoms with Crippen molar-refractivity contribution < 1.29 is 15.2 Å². The zero-order valence-corrected chi connectivity index (χ0v) is 18.6. The van der Waals surface area contributed by atoms with Gasteiger partial charge < -0.3 is 20.2 Å². The molecule has 1 saturated heterocycles. The normalized spacial score (nSPS) is 15.5. The highest BCUT2D eigenvalue weighted by Gasteiger charge is 2.25. The number of aryl methyl sites for hydroxylation is 1. The number of carbonyl (C=O) groups is 1. The molecule has 3 rings (SSSR count). The third kappa shape index (κ3) is 5.76. The smallest absolute Gasteiger partial charge is 0.277 e. The van der Waals surface area contributed by atoms with Crippen LogP contribution < -0.4 is 10.2 Å². The number of piperazine rings is 1. The van der Waals surface area contributed by atoms with E-state index in [1.807, 2.05) is 17.0 Å². The van der Waals surface area contributed by atoms with Crippen molar-refractivity contribution in [1.82, 2.24) is 4.90 Å². The van der Waals surface area contributed by atoms with Gasteiger partial charge in [0, 0.05) is 43.3 Å². The van der Waals surface area contributed by atoms with E-state index < -0.39 is 0 Å². The number of hydrogen-bond acceptors (Lipinski definition) is 3. The summed E-state index contributed by atoms with van der Waals surface area (Å²) in [7, 11) is 0. The van der Waals surface area contributed by atoms with E-state index in [0.29, 0.717) is 18.5 Å². The molecule has 1 aliphatic rings. The van der Waals surface area contributed by atoms with E-state index in [4.69, 9.17) is 0 Å². The number of phenolic OH excluding ortho intramolecular Hbond substituents is 1. The van der Waals surface area contributed by atoms with Crippen molar-refractivity contribution in [2.45, 2.75) is 39.7 Å². The predicted octanol–water partition coefficient (Wildman–Crippen LogP) is 2.95. The molecule has 3 N–H and O–H groups in total. The third-order valence-electron chi connectivity index (χ3n) is 6.02. The van der Waals surface area contributed by atoms with Gasteiger partial charge in [0.2, 0.25) is 0 Å². The first kappa shape index (κ1) is 22.2. The van der Waals surface area contributed by atoms with Crippen LogP contribution in [0.15, 0.2) is 48.5 Å². The molecule has 2 aromatic carbocycles. The Morgan fingerprint density at radius 2 is 1.63 bits per heavy atom. The maximum absolute atomic E-state index is 12.8. The molecule has 5 nitrogen and oxygen atoms in total. The lowest BCUT2D eigenvalue weighted by molar-refractivity contribution is -0.692. The van der Waals surface area contributed by atoms with Crippen LogP contribution in [-0.4, -0.2) is 48.6 Å². The Kier molecular flexibility index (Phi) is 7.75. The predicted molar refractivity (Wildman–Crippen MR) is 122 cm³/mol. The highest BCUT2D eigenvalue weighted by Crippen LogP contribution is 2.20. The van der Waals surface area contributed by atoms with Gasteiger partial charge in [-0.25, -0.2) is 0 Å². The summed E-state index contributed by atoms with van der Waals surface area (Å²) in [6, 6.07) is 16.5. The third-order valence-corrected chi connectivity index (χ3v) is 6.02. The average molecular weight is 411 g/mol. The summed E-state index contributed by atoms with van der Waals surface area (Å²) in [6.07, 6.45) is 2.28. The van der Waals surface area contributed by atoms with Crippen molar-refractivity contribution in [2.75, 3.05) is 37.6 Å². The summed E-state index contributed by atoms with van der Waals surface area (Å²) >= 11 is 0. The molecular weight excluding hydrogens is 374 g/mol. The second-order valence-electron chi connectivity index (χ2n) is 8.59. The minimum Gasteiger partial charge on any atom is -0.508 e. The van der Waals surface area contributed by atoms with Gasteiger partial charge in [-0.15, -0.1) is 0 Å². The van der Waals surface area contributed by atoms with Gasteiger partial charge in [0.15, 0.2) is 6.54 Å². The molecule has 0 aliphatic carbocycles. The van der Waals surface area contributed by atoms with Gasteiger partial charge in [0.05, 0.1) is 0 Å². The first-order valence-electron chi connectivity index (χ1n) is 11.2. The van der Waals surface area contributed by atoms with Gasteiger partial charge in [-0.1, -0.05) is 51.5 Å². The number of amides is 1. The zero-order valence-electron chi connectivity index (χ0n) is 18.6. The number of quaternary nitrogens is 1. The van der Waals surface area contributed by atoms with Crippen molar-refractivity contribution >= 4 is 11.6 Å². The summed E-state index contributed by atoms with van der Waals surface area (Å²) < 4.78 is 0. The van der Waals surface area contributed by atoms with Crippen molar-refractivity contribution in [2.24, 2.45) is 5.92 Å². The fourth-order valence-electron chi connectivity index (χ4n) is 4.22. The van der Waals surface area contributed by atoms with Crippen LogP contribution in [0.2, 0.25) is 0 Å². The molecule has 0 saturated carbocycles. The van der Waals surface area contributed by atoms with Crippen LogP contribution in [0.1, 0.15) is 44.4 Å². The largest absolute Gasteiger partial charge is 0.508 e. The number of benzene rings is 2. The molecule has 0 bridgehead atoms. The maximum atomic E-state index is 12.8. The summed E-state index contributed by atoms with van der Waals surface area (Å²) in [5.74, 6) is 0.956. The molecule has 1 atom stereocenters. The van der Waals surface area contributed by atoms with Gasteiger partial charge in [0.25, 0.3) is 5.91 Å². The Morgan fingerprint density at radius 1 is 1.00 bits per heavy atom. The molecular formula is C25H36N3O2+. The molecule has 1 heterocycles. The Bertz CT molecular complexity index is 794. The van der Waals surface area contributed by atoms with E-state index in [2.05, 4.69) is 55.3 Å². The van der Waals surface area contributed by atoms with E-state index in [9.17, 15) is 9.90 Å². The van der Waals surface area contributed by atoms with Crippen LogP contribution >= 0.6 is 0 Å². The van der Waals surface area contributed by atoms with Crippen molar-refractivity contribution in [3.05, 3.63) is 59.7 Å². The second kappa shape index (κ2) is 10.5. The van der Waals surface area contributed by atoms with Gasteiger partial charge >= 0.3 is 0 Å². The summed E-state index contributed by atoms with van der Waals surface area (Å²) in [5, 5.41) is 11.7. The first-order chi connectivity index (χ1) is 14.5. The lowest BCUT2D eigenvalue weighted by atomic mass is 9.94. The molecule has 1 amide bonds. The average Bonchev–Trinajstić information content (AvgIpc) is 2.75. The van der Waals surface area contributed by atoms with Crippen LogP contribution in [0.25, 0.3) is 0 Å². The molecule has 1 aliphatic heterocycles. The van der Waals surface area contributed by atoms with Crippen LogP contribution in [0.5, 0.6) is 5.75 Å². The number of anilines is 1.